The molecule has 4 nitrogen and oxygen atoms in total. The van der Waals surface area contributed by atoms with Crippen LogP contribution in [0.4, 0.5) is 5.69 Å². The average Bonchev–Trinajstić information content (AvgIpc) is 2.45. The second kappa shape index (κ2) is 7.14. The van der Waals surface area contributed by atoms with Gasteiger partial charge in [-0.05, 0) is 43.7 Å². The summed E-state index contributed by atoms with van der Waals surface area (Å²) in [5.74, 6) is 1.43. The number of ether oxygens (including phenoxy) is 1. The van der Waals surface area contributed by atoms with Gasteiger partial charge in [-0.1, -0.05) is 6.07 Å². The number of anilines is 1. The van der Waals surface area contributed by atoms with Crippen LogP contribution < -0.4 is 15.8 Å². The van der Waals surface area contributed by atoms with Crippen molar-refractivity contribution in [1.29, 1.82) is 0 Å². The molecule has 3 N–H and O–H groups in total. The van der Waals surface area contributed by atoms with Crippen LogP contribution in [0.5, 0.6) is 5.75 Å². The Bertz CT molecular complexity index is 401. The van der Waals surface area contributed by atoms with Crippen LogP contribution in [0, 0.1) is 5.92 Å². The van der Waals surface area contributed by atoms with Crippen LogP contribution in [0.25, 0.3) is 0 Å². The Morgan fingerprint density at radius 1 is 1.32 bits per heavy atom. The van der Waals surface area contributed by atoms with Crippen molar-refractivity contribution in [2.45, 2.75) is 31.7 Å². The topological polar surface area (TPSA) is 64.3 Å². The summed E-state index contributed by atoms with van der Waals surface area (Å²) in [7, 11) is 0. The zero-order chi connectivity index (χ0) is 13.5. The van der Waals surface area contributed by atoms with E-state index < -0.39 is 0 Å². The van der Waals surface area contributed by atoms with Crippen LogP contribution in [0.2, 0.25) is 0 Å². The Hall–Kier alpha value is -1.55. The zero-order valence-electron chi connectivity index (χ0n) is 11.2. The Balaban J connectivity index is 1.80. The van der Waals surface area contributed by atoms with Gasteiger partial charge in [0.15, 0.2) is 6.29 Å². The SMILES string of the molecule is NC1CCC(CNc2cccc(OCC=O)c2)CC1. The smallest absolute Gasteiger partial charge is 0.157 e. The molecular formula is C15H22N2O2. The van der Waals surface area contributed by atoms with Gasteiger partial charge in [0, 0.05) is 24.3 Å². The van der Waals surface area contributed by atoms with E-state index >= 15 is 0 Å². The lowest BCUT2D eigenvalue weighted by Crippen LogP contribution is -2.29. The number of rotatable bonds is 6. The number of carbonyl (C=O) groups excluding carboxylic acids is 1. The van der Waals surface area contributed by atoms with E-state index in [1.165, 1.54) is 12.8 Å². The second-order valence-corrected chi connectivity index (χ2v) is 5.17. The van der Waals surface area contributed by atoms with E-state index in [-0.39, 0.29) is 6.61 Å². The van der Waals surface area contributed by atoms with Crippen molar-refractivity contribution >= 4 is 12.0 Å². The largest absolute Gasteiger partial charge is 0.486 e. The number of hydrogen-bond acceptors (Lipinski definition) is 4. The molecule has 0 amide bonds. The van der Waals surface area contributed by atoms with E-state index in [1.54, 1.807) is 0 Å². The second-order valence-electron chi connectivity index (χ2n) is 5.17. The first-order valence-electron chi connectivity index (χ1n) is 6.94. The Morgan fingerprint density at radius 2 is 2.11 bits per heavy atom. The summed E-state index contributed by atoms with van der Waals surface area (Å²) >= 11 is 0. The molecule has 0 bridgehead atoms. The summed E-state index contributed by atoms with van der Waals surface area (Å²) in [6, 6.07) is 8.13. The molecule has 1 aliphatic carbocycles. The van der Waals surface area contributed by atoms with Gasteiger partial charge in [-0.2, -0.15) is 0 Å². The van der Waals surface area contributed by atoms with E-state index in [2.05, 4.69) is 5.32 Å². The van der Waals surface area contributed by atoms with Gasteiger partial charge in [0.05, 0.1) is 0 Å². The first-order chi connectivity index (χ1) is 9.28. The third-order valence-corrected chi connectivity index (χ3v) is 3.64. The Morgan fingerprint density at radius 3 is 2.84 bits per heavy atom. The van der Waals surface area contributed by atoms with E-state index in [0.717, 1.165) is 37.1 Å². The molecule has 0 atom stereocenters. The molecule has 4 heteroatoms. The Labute approximate surface area is 114 Å². The molecule has 2 rings (SSSR count). The van der Waals surface area contributed by atoms with E-state index in [4.69, 9.17) is 10.5 Å². The predicted octanol–water partition coefficient (Wildman–Crippen LogP) is 2.19. The highest BCUT2D eigenvalue weighted by atomic mass is 16.5. The third kappa shape index (κ3) is 4.56. The van der Waals surface area contributed by atoms with Crippen LogP contribution in [0.15, 0.2) is 24.3 Å². The number of hydrogen-bond donors (Lipinski definition) is 2. The molecule has 1 aromatic rings. The molecule has 0 aliphatic heterocycles. The number of nitrogens with two attached hydrogens (primary N) is 1. The van der Waals surface area contributed by atoms with Crippen molar-refractivity contribution in [3.05, 3.63) is 24.3 Å². The standard InChI is InChI=1S/C15H22N2O2/c16-13-6-4-12(5-7-13)11-17-14-2-1-3-15(10-14)19-9-8-18/h1-3,8,10,12-13,17H,4-7,9,11,16H2. The quantitative estimate of drug-likeness (QED) is 0.771. The van der Waals surface area contributed by atoms with Gasteiger partial charge >= 0.3 is 0 Å². The molecule has 1 saturated carbocycles. The summed E-state index contributed by atoms with van der Waals surface area (Å²) in [6.45, 7) is 1.08. The van der Waals surface area contributed by atoms with Crippen molar-refractivity contribution in [1.82, 2.24) is 0 Å². The molecular weight excluding hydrogens is 240 g/mol. The van der Waals surface area contributed by atoms with Gasteiger partial charge < -0.3 is 15.8 Å². The Kier molecular flexibility index (Phi) is 5.21. The summed E-state index contributed by atoms with van der Waals surface area (Å²) in [4.78, 5) is 10.3. The number of aldehydes is 1. The molecule has 1 fully saturated rings. The van der Waals surface area contributed by atoms with Gasteiger partial charge in [0.1, 0.15) is 12.4 Å². The molecule has 0 unspecified atom stereocenters. The number of benzene rings is 1. The van der Waals surface area contributed by atoms with Crippen molar-refractivity contribution in [3.8, 4) is 5.75 Å². The fourth-order valence-corrected chi connectivity index (χ4v) is 2.48. The molecule has 0 aromatic heterocycles. The fourth-order valence-electron chi connectivity index (χ4n) is 2.48. The molecule has 1 aliphatic rings. The summed E-state index contributed by atoms with van der Waals surface area (Å²) in [5.41, 5.74) is 6.95. The van der Waals surface area contributed by atoms with E-state index in [0.29, 0.717) is 12.0 Å². The lowest BCUT2D eigenvalue weighted by molar-refractivity contribution is -0.109. The van der Waals surface area contributed by atoms with Crippen molar-refractivity contribution < 1.29 is 9.53 Å². The molecule has 104 valence electrons. The highest BCUT2D eigenvalue weighted by molar-refractivity contribution is 5.53. The van der Waals surface area contributed by atoms with Gasteiger partial charge in [-0.15, -0.1) is 0 Å². The molecule has 0 heterocycles. The van der Waals surface area contributed by atoms with Crippen LogP contribution in [-0.4, -0.2) is 25.5 Å². The molecule has 0 spiro atoms. The summed E-state index contributed by atoms with van der Waals surface area (Å²) in [6.07, 6.45) is 5.43. The summed E-state index contributed by atoms with van der Waals surface area (Å²) < 4.78 is 5.28. The van der Waals surface area contributed by atoms with Crippen LogP contribution >= 0.6 is 0 Å². The van der Waals surface area contributed by atoms with Crippen LogP contribution in [-0.2, 0) is 4.79 Å². The number of carbonyl (C=O) groups is 1. The normalized spacial score (nSPS) is 22.8. The predicted molar refractivity (Wildman–Crippen MR) is 76.4 cm³/mol. The lowest BCUT2D eigenvalue weighted by atomic mass is 9.86. The highest BCUT2D eigenvalue weighted by Gasteiger charge is 2.17. The average molecular weight is 262 g/mol. The first kappa shape index (κ1) is 13.9. The maximum Gasteiger partial charge on any atom is 0.157 e. The van der Waals surface area contributed by atoms with Gasteiger partial charge in [0.25, 0.3) is 0 Å². The third-order valence-electron chi connectivity index (χ3n) is 3.64. The minimum absolute atomic E-state index is 0.101. The van der Waals surface area contributed by atoms with Gasteiger partial charge in [0.2, 0.25) is 0 Å². The van der Waals surface area contributed by atoms with E-state index in [9.17, 15) is 4.79 Å². The van der Waals surface area contributed by atoms with Crippen molar-refractivity contribution in [3.63, 3.8) is 0 Å². The zero-order valence-corrected chi connectivity index (χ0v) is 11.2. The molecule has 0 saturated heterocycles. The highest BCUT2D eigenvalue weighted by Crippen LogP contribution is 2.24. The first-order valence-corrected chi connectivity index (χ1v) is 6.94. The van der Waals surface area contributed by atoms with E-state index in [1.807, 2.05) is 24.3 Å². The lowest BCUT2D eigenvalue weighted by Gasteiger charge is -2.26. The monoisotopic (exact) mass is 262 g/mol. The summed E-state index contributed by atoms with van der Waals surface area (Å²) in [5, 5.41) is 3.44. The fraction of sp³-hybridized carbons (Fsp3) is 0.533. The number of nitrogens with one attached hydrogen (secondary N) is 1. The minimum Gasteiger partial charge on any atom is -0.486 e. The molecule has 19 heavy (non-hydrogen) atoms. The molecule has 0 radical (unpaired) electrons. The van der Waals surface area contributed by atoms with Crippen molar-refractivity contribution in [2.24, 2.45) is 11.7 Å². The van der Waals surface area contributed by atoms with Crippen LogP contribution in [0.3, 0.4) is 0 Å². The van der Waals surface area contributed by atoms with Crippen LogP contribution in [0.1, 0.15) is 25.7 Å². The molecule has 1 aromatic carbocycles. The maximum absolute atomic E-state index is 10.3. The maximum atomic E-state index is 10.3. The minimum atomic E-state index is 0.101. The van der Waals surface area contributed by atoms with Gasteiger partial charge in [-0.3, -0.25) is 4.79 Å². The van der Waals surface area contributed by atoms with Crippen molar-refractivity contribution in [2.75, 3.05) is 18.5 Å². The van der Waals surface area contributed by atoms with Gasteiger partial charge in [-0.25, -0.2) is 0 Å².